The van der Waals surface area contributed by atoms with Gasteiger partial charge in [0.15, 0.2) is 0 Å². The first-order valence-electron chi connectivity index (χ1n) is 8.56. The van der Waals surface area contributed by atoms with E-state index in [2.05, 4.69) is 5.10 Å². The summed E-state index contributed by atoms with van der Waals surface area (Å²) in [6.07, 6.45) is 2.12. The third kappa shape index (κ3) is 3.60. The summed E-state index contributed by atoms with van der Waals surface area (Å²) in [5.41, 5.74) is 0.0564. The number of rotatable bonds is 3. The highest BCUT2D eigenvalue weighted by atomic mass is 16.5. The Morgan fingerprint density at radius 3 is 2.83 bits per heavy atom. The normalized spacial score (nSPS) is 27.3. The number of carbonyl (C=O) groups is 2. The maximum absolute atomic E-state index is 12.9. The summed E-state index contributed by atoms with van der Waals surface area (Å²) in [5, 5.41) is 14.4. The van der Waals surface area contributed by atoms with Crippen LogP contribution in [0.1, 0.15) is 32.6 Å². The first kappa shape index (κ1) is 17.3. The molecule has 1 N–H and O–H groups in total. The molecular formula is C16H25N3O5. The van der Waals surface area contributed by atoms with Crippen LogP contribution in [-0.4, -0.2) is 83.7 Å². The smallest absolute Gasteiger partial charge is 0.270 e. The fraction of sp³-hybridized carbons (Fsp3) is 0.812. The van der Waals surface area contributed by atoms with Crippen LogP contribution in [0.2, 0.25) is 0 Å². The topological polar surface area (TPSA) is 91.7 Å². The van der Waals surface area contributed by atoms with Gasteiger partial charge in [0.25, 0.3) is 5.91 Å². The van der Waals surface area contributed by atoms with Crippen molar-refractivity contribution in [1.29, 1.82) is 0 Å². The number of hydrogen-bond donors (Lipinski definition) is 1. The zero-order valence-electron chi connectivity index (χ0n) is 14.1. The summed E-state index contributed by atoms with van der Waals surface area (Å²) in [4.78, 5) is 26.5. The Balaban J connectivity index is 1.73. The Labute approximate surface area is 141 Å². The molecule has 134 valence electrons. The van der Waals surface area contributed by atoms with Crippen molar-refractivity contribution in [2.24, 2.45) is 5.10 Å². The molecule has 0 aromatic heterocycles. The minimum Gasteiger partial charge on any atom is -0.394 e. The zero-order chi connectivity index (χ0) is 17.2. The maximum atomic E-state index is 12.9. The molecule has 3 rings (SSSR count). The number of aliphatic hydroxyl groups excluding tert-OH is 1. The van der Waals surface area contributed by atoms with Gasteiger partial charge in [0.2, 0.25) is 5.91 Å². The monoisotopic (exact) mass is 339 g/mol. The second-order valence-electron chi connectivity index (χ2n) is 6.70. The third-order valence-corrected chi connectivity index (χ3v) is 4.76. The van der Waals surface area contributed by atoms with Crippen molar-refractivity contribution in [2.45, 2.75) is 44.3 Å². The molecule has 24 heavy (non-hydrogen) atoms. The molecule has 1 unspecified atom stereocenters. The molecule has 0 saturated carbocycles. The molecule has 2 amide bonds. The van der Waals surface area contributed by atoms with Crippen molar-refractivity contribution in [2.75, 3.05) is 39.5 Å². The molecule has 3 heterocycles. The molecule has 8 heteroatoms. The van der Waals surface area contributed by atoms with Crippen LogP contribution < -0.4 is 0 Å². The molecule has 2 saturated heterocycles. The van der Waals surface area contributed by atoms with Gasteiger partial charge in [-0.25, -0.2) is 5.01 Å². The van der Waals surface area contributed by atoms with Gasteiger partial charge in [-0.2, -0.15) is 5.10 Å². The molecule has 0 bridgehead atoms. The predicted molar refractivity (Wildman–Crippen MR) is 85.4 cm³/mol. The van der Waals surface area contributed by atoms with E-state index in [9.17, 15) is 9.59 Å². The number of β-amino-alcohol motifs (C(OH)–C–C–N with tert-alkyl or cyclic N) is 1. The highest BCUT2D eigenvalue weighted by molar-refractivity contribution is 6.39. The lowest BCUT2D eigenvalue weighted by atomic mass is 9.91. The third-order valence-electron chi connectivity index (χ3n) is 4.76. The van der Waals surface area contributed by atoms with Crippen LogP contribution in [0.25, 0.3) is 0 Å². The van der Waals surface area contributed by atoms with Gasteiger partial charge in [0, 0.05) is 45.4 Å². The lowest BCUT2D eigenvalue weighted by Crippen LogP contribution is -2.59. The maximum Gasteiger partial charge on any atom is 0.270 e. The van der Waals surface area contributed by atoms with E-state index in [1.165, 1.54) is 5.01 Å². The van der Waals surface area contributed by atoms with Crippen molar-refractivity contribution in [3.05, 3.63) is 0 Å². The van der Waals surface area contributed by atoms with E-state index in [1.54, 1.807) is 4.90 Å². The van der Waals surface area contributed by atoms with E-state index in [1.807, 2.05) is 6.92 Å². The Hall–Kier alpha value is -1.51. The van der Waals surface area contributed by atoms with Crippen LogP contribution in [0.4, 0.5) is 0 Å². The molecule has 3 aliphatic heterocycles. The van der Waals surface area contributed by atoms with Crippen LogP contribution in [0, 0.1) is 0 Å². The van der Waals surface area contributed by atoms with E-state index in [4.69, 9.17) is 14.6 Å². The summed E-state index contributed by atoms with van der Waals surface area (Å²) in [7, 11) is 0. The van der Waals surface area contributed by atoms with Crippen molar-refractivity contribution >= 4 is 17.5 Å². The van der Waals surface area contributed by atoms with E-state index < -0.39 is 0 Å². The van der Waals surface area contributed by atoms with Crippen LogP contribution in [0.5, 0.6) is 0 Å². The van der Waals surface area contributed by atoms with Crippen molar-refractivity contribution in [3.63, 3.8) is 0 Å². The van der Waals surface area contributed by atoms with Gasteiger partial charge in [-0.05, 0) is 6.92 Å². The zero-order valence-corrected chi connectivity index (χ0v) is 14.1. The van der Waals surface area contributed by atoms with Gasteiger partial charge < -0.3 is 19.5 Å². The van der Waals surface area contributed by atoms with E-state index >= 15 is 0 Å². The Kier molecular flexibility index (Phi) is 5.17. The average molecular weight is 339 g/mol. The molecule has 0 aromatic rings. The Morgan fingerprint density at radius 1 is 1.38 bits per heavy atom. The molecule has 8 nitrogen and oxygen atoms in total. The van der Waals surface area contributed by atoms with Crippen LogP contribution in [-0.2, 0) is 19.1 Å². The number of hydrogen-bond acceptors (Lipinski definition) is 6. The fourth-order valence-electron chi connectivity index (χ4n) is 3.61. The fourth-order valence-corrected chi connectivity index (χ4v) is 3.61. The number of hydrazone groups is 1. The lowest BCUT2D eigenvalue weighted by Gasteiger charge is -2.47. The number of carbonyl (C=O) groups excluding carboxylic acids is 2. The number of amides is 2. The first-order valence-corrected chi connectivity index (χ1v) is 8.56. The Morgan fingerprint density at radius 2 is 2.12 bits per heavy atom. The van der Waals surface area contributed by atoms with Gasteiger partial charge >= 0.3 is 0 Å². The molecule has 0 aromatic carbocycles. The molecular weight excluding hydrogens is 314 g/mol. The quantitative estimate of drug-likeness (QED) is 0.766. The van der Waals surface area contributed by atoms with Gasteiger partial charge in [-0.1, -0.05) is 0 Å². The lowest BCUT2D eigenvalue weighted by molar-refractivity contribution is -0.186. The van der Waals surface area contributed by atoms with Crippen LogP contribution in [0.15, 0.2) is 5.10 Å². The van der Waals surface area contributed by atoms with Gasteiger partial charge in [0.1, 0.15) is 5.71 Å². The standard InChI is InChI=1S/C16H25N3O5/c1-12-10-18(11-16(24-12)4-8-23-9-5-16)15(22)13-2-3-14(21)19(17-13)6-7-20/h12,20H,2-11H2,1H3. The summed E-state index contributed by atoms with van der Waals surface area (Å²) in [6, 6.07) is 0. The summed E-state index contributed by atoms with van der Waals surface area (Å²) < 4.78 is 11.6. The first-order chi connectivity index (χ1) is 11.5. The van der Waals surface area contributed by atoms with Crippen LogP contribution >= 0.6 is 0 Å². The average Bonchev–Trinajstić information content (AvgIpc) is 2.56. The van der Waals surface area contributed by atoms with Crippen molar-refractivity contribution in [3.8, 4) is 0 Å². The predicted octanol–water partition coefficient (Wildman–Crippen LogP) is -0.246. The Bertz CT molecular complexity index is 530. The van der Waals surface area contributed by atoms with E-state index in [-0.39, 0.29) is 43.1 Å². The minimum atomic E-state index is -0.332. The second-order valence-corrected chi connectivity index (χ2v) is 6.70. The molecule has 0 radical (unpaired) electrons. The summed E-state index contributed by atoms with van der Waals surface area (Å²) >= 11 is 0. The van der Waals surface area contributed by atoms with Gasteiger partial charge in [-0.3, -0.25) is 9.59 Å². The number of nitrogens with zero attached hydrogens (tertiary/aromatic N) is 3. The number of aliphatic hydroxyl groups is 1. The highest BCUT2D eigenvalue weighted by Crippen LogP contribution is 2.31. The molecule has 3 aliphatic rings. The van der Waals surface area contributed by atoms with Gasteiger partial charge in [0.05, 0.1) is 31.4 Å². The molecule has 0 aliphatic carbocycles. The number of ether oxygens (including phenoxy) is 2. The molecule has 1 spiro atoms. The summed E-state index contributed by atoms with van der Waals surface area (Å²) in [6.45, 7) is 4.27. The van der Waals surface area contributed by atoms with E-state index in [0.717, 1.165) is 12.8 Å². The van der Waals surface area contributed by atoms with Crippen molar-refractivity contribution in [1.82, 2.24) is 9.91 Å². The minimum absolute atomic E-state index is 0.0415. The molecule has 1 atom stereocenters. The largest absolute Gasteiger partial charge is 0.394 e. The van der Waals surface area contributed by atoms with E-state index in [0.29, 0.717) is 38.4 Å². The van der Waals surface area contributed by atoms with Gasteiger partial charge in [-0.15, -0.1) is 0 Å². The second kappa shape index (κ2) is 7.16. The van der Waals surface area contributed by atoms with Crippen LogP contribution in [0.3, 0.4) is 0 Å². The number of morpholine rings is 1. The molecule has 2 fully saturated rings. The SMILES string of the molecule is CC1CN(C(=O)C2=NN(CCO)C(=O)CC2)CC2(CCOCC2)O1. The van der Waals surface area contributed by atoms with Crippen molar-refractivity contribution < 1.29 is 24.2 Å². The summed E-state index contributed by atoms with van der Waals surface area (Å²) in [5.74, 6) is -0.289. The highest BCUT2D eigenvalue weighted by Gasteiger charge is 2.43.